The predicted molar refractivity (Wildman–Crippen MR) is 237 cm³/mol. The predicted octanol–water partition coefficient (Wildman–Crippen LogP) is 9.03. The summed E-state index contributed by atoms with van der Waals surface area (Å²) in [4.78, 5) is 29.9. The highest BCUT2D eigenvalue weighted by Crippen LogP contribution is 2.52. The van der Waals surface area contributed by atoms with Gasteiger partial charge >= 0.3 is 0 Å². The van der Waals surface area contributed by atoms with Crippen molar-refractivity contribution in [2.45, 2.75) is 69.3 Å². The first-order valence-corrected chi connectivity index (χ1v) is 20.4. The van der Waals surface area contributed by atoms with Gasteiger partial charge in [-0.1, -0.05) is 24.3 Å². The number of thiophene rings is 2. The number of Topliss-reactive ketones (excluding diaryl/α,β-unsaturated/α-hetero) is 2. The first kappa shape index (κ1) is 47.7. The Balaban J connectivity index is 0.000000335. The van der Waals surface area contributed by atoms with E-state index in [2.05, 4.69) is 44.8 Å². The van der Waals surface area contributed by atoms with Crippen molar-refractivity contribution >= 4 is 119 Å². The Morgan fingerprint density at radius 3 is 1.23 bits per heavy atom. The highest BCUT2D eigenvalue weighted by atomic mass is 35.5. The van der Waals surface area contributed by atoms with Gasteiger partial charge in [-0.3, -0.25) is 9.59 Å². The summed E-state index contributed by atoms with van der Waals surface area (Å²) in [6, 6.07) is 20.4. The van der Waals surface area contributed by atoms with Gasteiger partial charge in [0.2, 0.25) is 0 Å². The van der Waals surface area contributed by atoms with Gasteiger partial charge in [-0.25, -0.2) is 0 Å². The van der Waals surface area contributed by atoms with E-state index in [1.807, 2.05) is 59.9 Å². The number of thioether (sulfide) groups is 2. The van der Waals surface area contributed by atoms with Crippen molar-refractivity contribution in [2.24, 2.45) is 0 Å². The van der Waals surface area contributed by atoms with Crippen molar-refractivity contribution in [3.63, 3.8) is 0 Å². The van der Waals surface area contributed by atoms with E-state index >= 15 is 0 Å². The fourth-order valence-electron chi connectivity index (χ4n) is 7.27. The van der Waals surface area contributed by atoms with Crippen LogP contribution in [0.25, 0.3) is 0 Å². The molecule has 6 heterocycles. The molecule has 2 spiro atoms. The fourth-order valence-corrected chi connectivity index (χ4v) is 12.9. The van der Waals surface area contributed by atoms with E-state index in [1.165, 1.54) is 19.5 Å². The second-order valence-electron chi connectivity index (χ2n) is 13.7. The van der Waals surface area contributed by atoms with Gasteiger partial charge in [0.1, 0.15) is 0 Å². The Labute approximate surface area is 354 Å². The zero-order chi connectivity index (χ0) is 33.1. The minimum absolute atomic E-state index is 0. The van der Waals surface area contributed by atoms with Gasteiger partial charge in [-0.05, 0) is 123 Å². The van der Waals surface area contributed by atoms with Crippen LogP contribution in [-0.4, -0.2) is 75.6 Å². The Kier molecular flexibility index (Phi) is 19.0. The summed E-state index contributed by atoms with van der Waals surface area (Å²) >= 11 is 7.38. The summed E-state index contributed by atoms with van der Waals surface area (Å²) in [6.07, 6.45) is 8.01. The molecule has 0 unspecified atom stereocenters. The number of anilines is 2. The third-order valence-electron chi connectivity index (χ3n) is 10.4. The lowest BCUT2D eigenvalue weighted by molar-refractivity contribution is 0.0931. The van der Waals surface area contributed by atoms with Gasteiger partial charge in [0.25, 0.3) is 0 Å². The SMILES string of the molecule is Cl.Cl.Cl.Cl.Nc1ccc(CCN2CCC3(CC2)CC(=O)c2ccsc2S3)cc1.Nc1ccc(CCN2CCC3(CC2)CC(=O)c2ccsc2S3)cc1.O. The van der Waals surface area contributed by atoms with Crippen LogP contribution in [0.3, 0.4) is 0 Å². The van der Waals surface area contributed by atoms with Crippen molar-refractivity contribution in [3.05, 3.63) is 93.7 Å². The lowest BCUT2D eigenvalue weighted by atomic mass is 9.88. The molecule has 0 saturated carbocycles. The molecular weight excluding hydrogens is 831 g/mol. The molecule has 0 aliphatic carbocycles. The minimum atomic E-state index is 0. The highest BCUT2D eigenvalue weighted by Gasteiger charge is 2.43. The van der Waals surface area contributed by atoms with Gasteiger partial charge in [-0.15, -0.1) is 95.8 Å². The molecule has 6 N–H and O–H groups in total. The van der Waals surface area contributed by atoms with Crippen LogP contribution in [0.5, 0.6) is 0 Å². The quantitative estimate of drug-likeness (QED) is 0.184. The zero-order valence-electron chi connectivity index (χ0n) is 29.5. The Bertz CT molecular complexity index is 1610. The highest BCUT2D eigenvalue weighted by molar-refractivity contribution is 8.03. The molecule has 292 valence electrons. The summed E-state index contributed by atoms with van der Waals surface area (Å²) in [6.45, 7) is 6.55. The van der Waals surface area contributed by atoms with Crippen LogP contribution in [0.15, 0.2) is 79.8 Å². The zero-order valence-corrected chi connectivity index (χ0v) is 36.0. The summed E-state index contributed by atoms with van der Waals surface area (Å²) in [5, 5.41) is 4.10. The lowest BCUT2D eigenvalue weighted by Gasteiger charge is -2.42. The molecule has 2 saturated heterocycles. The van der Waals surface area contributed by atoms with Crippen molar-refractivity contribution in [3.8, 4) is 0 Å². The molecule has 2 aromatic heterocycles. The number of likely N-dealkylation sites (tertiary alicyclic amines) is 2. The molecule has 0 atom stereocenters. The molecule has 4 aromatic rings. The van der Waals surface area contributed by atoms with E-state index in [0.717, 1.165) is 100 Å². The number of hydrogen-bond donors (Lipinski definition) is 2. The number of piperidine rings is 2. The molecular formula is C38H50Cl4N4O3S4. The standard InChI is InChI=1S/2C19H22N2OS2.4ClH.H2O/c2*20-15-3-1-14(2-4-15)5-9-21-10-7-19(8-11-21)13-17(22)16-6-12-23-18(16)24-19;;;;;/h2*1-4,6,12H,5,7-11,13,20H2;4*1H;1H2. The molecule has 7 nitrogen and oxygen atoms in total. The second-order valence-corrected chi connectivity index (χ2v) is 19.0. The average molecular weight is 881 g/mol. The number of nitrogens with zero attached hydrogens (tertiary/aromatic N) is 2. The van der Waals surface area contributed by atoms with E-state index in [-0.39, 0.29) is 64.6 Å². The monoisotopic (exact) mass is 878 g/mol. The molecule has 0 radical (unpaired) electrons. The van der Waals surface area contributed by atoms with Crippen LogP contribution in [0.4, 0.5) is 11.4 Å². The summed E-state index contributed by atoms with van der Waals surface area (Å²) in [5.74, 6) is 0.695. The van der Waals surface area contributed by atoms with Crippen molar-refractivity contribution in [2.75, 3.05) is 50.7 Å². The molecule has 4 aliphatic heterocycles. The molecule has 0 bridgehead atoms. The maximum Gasteiger partial charge on any atom is 0.166 e. The molecule has 0 amide bonds. The number of ketones is 2. The van der Waals surface area contributed by atoms with E-state index in [0.29, 0.717) is 24.4 Å². The van der Waals surface area contributed by atoms with Gasteiger partial charge < -0.3 is 26.7 Å². The fraction of sp³-hybridized carbons (Fsp3) is 0.421. The Morgan fingerprint density at radius 2 is 0.887 bits per heavy atom. The topological polar surface area (TPSA) is 124 Å². The Morgan fingerprint density at radius 1 is 0.547 bits per heavy atom. The third kappa shape index (κ3) is 11.8. The van der Waals surface area contributed by atoms with E-state index < -0.39 is 0 Å². The van der Waals surface area contributed by atoms with Crippen molar-refractivity contribution < 1.29 is 15.1 Å². The van der Waals surface area contributed by atoms with Crippen molar-refractivity contribution in [1.82, 2.24) is 9.80 Å². The van der Waals surface area contributed by atoms with Crippen LogP contribution < -0.4 is 11.5 Å². The first-order chi connectivity index (χ1) is 23.3. The molecule has 53 heavy (non-hydrogen) atoms. The van der Waals surface area contributed by atoms with Crippen LogP contribution in [-0.2, 0) is 12.8 Å². The summed E-state index contributed by atoms with van der Waals surface area (Å²) in [5.41, 5.74) is 17.7. The number of nitrogens with two attached hydrogens (primary N) is 2. The summed E-state index contributed by atoms with van der Waals surface area (Å²) < 4.78 is 2.77. The minimum Gasteiger partial charge on any atom is -0.412 e. The van der Waals surface area contributed by atoms with Crippen LogP contribution in [0.2, 0.25) is 0 Å². The first-order valence-electron chi connectivity index (χ1n) is 17.0. The molecule has 8 rings (SSSR count). The molecule has 2 fully saturated rings. The Hall–Kier alpha value is -1.48. The molecule has 2 aromatic carbocycles. The normalized spacial score (nSPS) is 18.3. The van der Waals surface area contributed by atoms with Crippen LogP contribution in [0, 0.1) is 0 Å². The number of carbonyl (C=O) groups excluding carboxylic acids is 2. The van der Waals surface area contributed by atoms with Gasteiger partial charge in [-0.2, -0.15) is 0 Å². The smallest absolute Gasteiger partial charge is 0.166 e. The average Bonchev–Trinajstić information content (AvgIpc) is 3.77. The molecule has 15 heteroatoms. The second kappa shape index (κ2) is 21.2. The van der Waals surface area contributed by atoms with Crippen LogP contribution in [0.1, 0.15) is 70.4 Å². The maximum atomic E-state index is 12.4. The van der Waals surface area contributed by atoms with E-state index in [1.54, 1.807) is 22.7 Å². The largest absolute Gasteiger partial charge is 0.412 e. The van der Waals surface area contributed by atoms with E-state index in [9.17, 15) is 9.59 Å². The van der Waals surface area contributed by atoms with Gasteiger partial charge in [0.05, 0.1) is 8.42 Å². The van der Waals surface area contributed by atoms with E-state index in [4.69, 9.17) is 11.5 Å². The number of rotatable bonds is 6. The van der Waals surface area contributed by atoms with Gasteiger partial charge in [0.15, 0.2) is 11.6 Å². The number of fused-ring (bicyclic) bond motifs is 2. The number of carbonyl (C=O) groups is 2. The number of benzene rings is 2. The molecule has 4 aliphatic rings. The lowest BCUT2D eigenvalue weighted by Crippen LogP contribution is -2.45. The number of nitrogen functional groups attached to an aromatic ring is 2. The van der Waals surface area contributed by atoms with Crippen LogP contribution >= 0.6 is 95.8 Å². The summed E-state index contributed by atoms with van der Waals surface area (Å²) in [7, 11) is 0. The maximum absolute atomic E-state index is 12.4. The third-order valence-corrected chi connectivity index (χ3v) is 15.6. The van der Waals surface area contributed by atoms with Crippen molar-refractivity contribution in [1.29, 1.82) is 0 Å². The number of hydrogen-bond acceptors (Lipinski definition) is 10. The van der Waals surface area contributed by atoms with Gasteiger partial charge in [0, 0.05) is 57.9 Å². The number of halogens is 4.